The summed E-state index contributed by atoms with van der Waals surface area (Å²) in [5.74, 6) is -2.63. The number of aromatic hydroxyl groups is 1. The van der Waals surface area contributed by atoms with Gasteiger partial charge in [-0.25, -0.2) is 13.1 Å². The number of ether oxygens (including phenoxy) is 1. The maximum Gasteiger partial charge on any atom is 0.308 e. The van der Waals surface area contributed by atoms with Gasteiger partial charge in [0, 0.05) is 17.8 Å². The Morgan fingerprint density at radius 3 is 2.69 bits per heavy atom. The summed E-state index contributed by atoms with van der Waals surface area (Å²) in [6.45, 7) is 1.10. The third-order valence-electron chi connectivity index (χ3n) is 3.08. The normalized spacial score (nSPS) is 11.4. The smallest absolute Gasteiger partial charge is 0.308 e. The van der Waals surface area contributed by atoms with Crippen molar-refractivity contribution in [3.8, 4) is 22.8 Å². The van der Waals surface area contributed by atoms with Gasteiger partial charge >= 0.3 is 5.97 Å². The Morgan fingerprint density at radius 2 is 2.08 bits per heavy atom. The summed E-state index contributed by atoms with van der Waals surface area (Å²) >= 11 is 15.2. The maximum absolute atomic E-state index is 12.1. The van der Waals surface area contributed by atoms with Crippen LogP contribution in [0.4, 0.5) is 5.88 Å². The Balaban J connectivity index is 2.54. The van der Waals surface area contributed by atoms with Crippen LogP contribution >= 0.6 is 39.1 Å². The summed E-state index contributed by atoms with van der Waals surface area (Å²) in [4.78, 5) is 11.3. The number of anilines is 1. The summed E-state index contributed by atoms with van der Waals surface area (Å²) in [5.41, 5.74) is 0.205. The van der Waals surface area contributed by atoms with Gasteiger partial charge in [-0.3, -0.25) is 4.79 Å². The summed E-state index contributed by atoms with van der Waals surface area (Å²) in [7, 11) is -3.79. The van der Waals surface area contributed by atoms with Crippen molar-refractivity contribution in [3.63, 3.8) is 0 Å². The lowest BCUT2D eigenvalue weighted by molar-refractivity contribution is -0.131. The van der Waals surface area contributed by atoms with Crippen molar-refractivity contribution in [2.24, 2.45) is 0 Å². The van der Waals surface area contributed by atoms with Gasteiger partial charge in [0.15, 0.2) is 5.76 Å². The zero-order valence-electron chi connectivity index (χ0n) is 13.4. The average molecular weight is 487 g/mol. The van der Waals surface area contributed by atoms with E-state index in [2.05, 4.69) is 20.7 Å². The molecule has 0 unspecified atom stereocenters. The first-order valence-electron chi connectivity index (χ1n) is 7.21. The molecule has 0 aliphatic carbocycles. The first-order chi connectivity index (χ1) is 12.2. The Bertz CT molecular complexity index is 928. The molecule has 0 radical (unpaired) electrons. The Labute approximate surface area is 168 Å². The van der Waals surface area contributed by atoms with Crippen molar-refractivity contribution in [2.45, 2.75) is 13.3 Å². The molecule has 2 rings (SSSR count). The molecule has 0 amide bonds. The van der Waals surface area contributed by atoms with E-state index in [-0.39, 0.29) is 27.1 Å². The molecule has 0 saturated carbocycles. The summed E-state index contributed by atoms with van der Waals surface area (Å²) in [5, 5.41) is 11.2. The Hall–Kier alpha value is -1.42. The lowest BCUT2D eigenvalue weighted by Crippen LogP contribution is -2.17. The highest BCUT2D eigenvalue weighted by molar-refractivity contribution is 9.09. The van der Waals surface area contributed by atoms with Gasteiger partial charge in [0.1, 0.15) is 0 Å². The molecule has 2 aromatic rings. The van der Waals surface area contributed by atoms with Crippen LogP contribution in [0.25, 0.3) is 11.3 Å². The van der Waals surface area contributed by atoms with Gasteiger partial charge in [0.2, 0.25) is 21.5 Å². The third kappa shape index (κ3) is 4.85. The molecule has 142 valence electrons. The van der Waals surface area contributed by atoms with E-state index in [1.54, 1.807) is 6.07 Å². The van der Waals surface area contributed by atoms with E-state index in [1.165, 1.54) is 12.1 Å². The van der Waals surface area contributed by atoms with E-state index in [9.17, 15) is 18.3 Å². The number of halogens is 3. The molecule has 1 aromatic heterocycles. The highest BCUT2D eigenvalue weighted by atomic mass is 79.9. The zero-order valence-corrected chi connectivity index (χ0v) is 17.3. The van der Waals surface area contributed by atoms with Crippen LogP contribution in [-0.4, -0.2) is 30.6 Å². The molecule has 0 fully saturated rings. The zero-order chi connectivity index (χ0) is 19.5. The largest absolute Gasteiger partial charge is 0.502 e. The molecule has 1 aromatic carbocycles. The summed E-state index contributed by atoms with van der Waals surface area (Å²) < 4.78 is 36.7. The number of esters is 1. The number of carbonyl (C=O) groups excluding carboxylic acids is 1. The summed E-state index contributed by atoms with van der Waals surface area (Å²) in [6.07, 6.45) is 0.345. The van der Waals surface area contributed by atoms with E-state index in [4.69, 9.17) is 32.4 Å². The molecule has 1 heterocycles. The van der Waals surface area contributed by atoms with Crippen LogP contribution in [0.3, 0.4) is 0 Å². The van der Waals surface area contributed by atoms with Crippen LogP contribution in [0, 0.1) is 0 Å². The molecule has 0 atom stereocenters. The molecule has 0 saturated heterocycles. The fourth-order valence-electron chi connectivity index (χ4n) is 2.01. The monoisotopic (exact) mass is 485 g/mol. The van der Waals surface area contributed by atoms with E-state index < -0.39 is 33.4 Å². The Morgan fingerprint density at radius 1 is 1.38 bits per heavy atom. The van der Waals surface area contributed by atoms with Crippen LogP contribution in [-0.2, 0) is 14.8 Å². The minimum Gasteiger partial charge on any atom is -0.502 e. The third-order valence-corrected chi connectivity index (χ3v) is 5.78. The number of alkyl halides is 1. The second kappa shape index (κ2) is 8.51. The standard InChI is InChI=1S/C15H14BrCl2NO6S/c1-8(20)24-14-12(21)13(9-4-2-5-10(17)11(9)18)25-15(14)19-26(22,23)7-3-6-16/h2,4-5,19,21H,3,6-7H2,1H3. The number of rotatable bonds is 7. The molecule has 26 heavy (non-hydrogen) atoms. The second-order valence-electron chi connectivity index (χ2n) is 5.10. The molecule has 0 aliphatic heterocycles. The minimum absolute atomic E-state index is 0.0845. The molecule has 11 heteroatoms. The van der Waals surface area contributed by atoms with Crippen LogP contribution in [0.15, 0.2) is 22.6 Å². The quantitative estimate of drug-likeness (QED) is 0.443. The average Bonchev–Trinajstić information content (AvgIpc) is 2.84. The lowest BCUT2D eigenvalue weighted by atomic mass is 10.1. The minimum atomic E-state index is -3.79. The number of furan rings is 1. The predicted octanol–water partition coefficient (Wildman–Crippen LogP) is 4.41. The van der Waals surface area contributed by atoms with Crippen LogP contribution < -0.4 is 9.46 Å². The Kier molecular flexibility index (Phi) is 6.84. The molecule has 7 nitrogen and oxygen atoms in total. The van der Waals surface area contributed by atoms with Crippen molar-refractivity contribution in [1.29, 1.82) is 0 Å². The fourth-order valence-corrected chi connectivity index (χ4v) is 4.09. The molecule has 0 bridgehead atoms. The first-order valence-corrected chi connectivity index (χ1v) is 10.7. The van der Waals surface area contributed by atoms with E-state index in [1.807, 2.05) is 0 Å². The van der Waals surface area contributed by atoms with Gasteiger partial charge in [0.05, 0.1) is 15.8 Å². The van der Waals surface area contributed by atoms with E-state index in [0.717, 1.165) is 6.92 Å². The first kappa shape index (κ1) is 20.9. The van der Waals surface area contributed by atoms with Crippen molar-refractivity contribution >= 4 is 61.0 Å². The molecular weight excluding hydrogens is 473 g/mol. The number of hydrogen-bond donors (Lipinski definition) is 2. The van der Waals surface area contributed by atoms with Gasteiger partial charge in [-0.2, -0.15) is 0 Å². The highest BCUT2D eigenvalue weighted by Crippen LogP contribution is 2.49. The highest BCUT2D eigenvalue weighted by Gasteiger charge is 2.28. The summed E-state index contributed by atoms with van der Waals surface area (Å²) in [6, 6.07) is 4.61. The molecule has 0 spiro atoms. The van der Waals surface area contributed by atoms with Crippen molar-refractivity contribution < 1.29 is 27.5 Å². The topological polar surface area (TPSA) is 106 Å². The van der Waals surface area contributed by atoms with Crippen molar-refractivity contribution in [1.82, 2.24) is 0 Å². The van der Waals surface area contributed by atoms with Crippen LogP contribution in [0.1, 0.15) is 13.3 Å². The second-order valence-corrected chi connectivity index (χ2v) is 8.52. The number of sulfonamides is 1. The molecular formula is C15H14BrCl2NO6S. The van der Waals surface area contributed by atoms with Gasteiger partial charge in [-0.1, -0.05) is 45.2 Å². The van der Waals surface area contributed by atoms with Gasteiger partial charge in [-0.05, 0) is 18.6 Å². The molecule has 2 N–H and O–H groups in total. The van der Waals surface area contributed by atoms with Gasteiger partial charge in [0.25, 0.3) is 5.88 Å². The maximum atomic E-state index is 12.1. The molecule has 0 aliphatic rings. The number of hydrogen-bond acceptors (Lipinski definition) is 6. The van der Waals surface area contributed by atoms with Gasteiger partial charge < -0.3 is 14.3 Å². The van der Waals surface area contributed by atoms with Gasteiger partial charge in [-0.15, -0.1) is 0 Å². The predicted molar refractivity (Wildman–Crippen MR) is 103 cm³/mol. The van der Waals surface area contributed by atoms with Crippen LogP contribution in [0.2, 0.25) is 10.0 Å². The number of benzene rings is 1. The lowest BCUT2D eigenvalue weighted by Gasteiger charge is -2.06. The van der Waals surface area contributed by atoms with E-state index in [0.29, 0.717) is 11.8 Å². The fraction of sp³-hybridized carbons (Fsp3) is 0.267. The van der Waals surface area contributed by atoms with Crippen LogP contribution in [0.5, 0.6) is 11.5 Å². The van der Waals surface area contributed by atoms with Crippen molar-refractivity contribution in [3.05, 3.63) is 28.2 Å². The number of carbonyl (C=O) groups is 1. The van der Waals surface area contributed by atoms with E-state index >= 15 is 0 Å². The van der Waals surface area contributed by atoms with Crippen molar-refractivity contribution in [2.75, 3.05) is 15.8 Å². The SMILES string of the molecule is CC(=O)Oc1c(NS(=O)(=O)CCCBr)oc(-c2cccc(Cl)c2Cl)c1O. The number of nitrogens with one attached hydrogen (secondary N) is 1.